The molecule has 3 aromatic rings. The maximum absolute atomic E-state index is 13.0. The molecule has 0 spiro atoms. The first kappa shape index (κ1) is 20.5. The van der Waals surface area contributed by atoms with Gasteiger partial charge in [-0.05, 0) is 37.5 Å². The van der Waals surface area contributed by atoms with E-state index >= 15 is 0 Å². The number of anilines is 1. The van der Waals surface area contributed by atoms with E-state index in [2.05, 4.69) is 19.7 Å². The van der Waals surface area contributed by atoms with Crippen LogP contribution in [0.5, 0.6) is 0 Å². The second kappa shape index (κ2) is 9.38. The molecule has 0 bridgehead atoms. The van der Waals surface area contributed by atoms with Gasteiger partial charge in [-0.25, -0.2) is 0 Å². The molecule has 2 aromatic heterocycles. The normalized spacial score (nSPS) is 14.8. The first-order chi connectivity index (χ1) is 14.6. The van der Waals surface area contributed by atoms with Crippen molar-refractivity contribution in [1.82, 2.24) is 19.7 Å². The highest BCUT2D eigenvalue weighted by Gasteiger charge is 2.26. The van der Waals surface area contributed by atoms with E-state index in [-0.39, 0.29) is 11.2 Å². The molecule has 30 heavy (non-hydrogen) atoms. The molecule has 1 aliphatic heterocycles. The summed E-state index contributed by atoms with van der Waals surface area (Å²) >= 11 is 1.45. The molecule has 1 unspecified atom stereocenters. The third kappa shape index (κ3) is 4.70. The number of hydrogen-bond acceptors (Lipinski definition) is 6. The number of nitrogens with zero attached hydrogens (tertiary/aromatic N) is 5. The van der Waals surface area contributed by atoms with Gasteiger partial charge in [0, 0.05) is 26.7 Å². The number of benzene rings is 1. The number of furan rings is 1. The quantitative estimate of drug-likeness (QED) is 0.513. The average molecular weight is 426 g/mol. The molecule has 7 nitrogen and oxygen atoms in total. The summed E-state index contributed by atoms with van der Waals surface area (Å²) in [5.74, 6) is 1.76. The molecule has 1 aromatic carbocycles. The molecular weight excluding hydrogens is 398 g/mol. The summed E-state index contributed by atoms with van der Waals surface area (Å²) in [7, 11) is 1.84. The van der Waals surface area contributed by atoms with Crippen molar-refractivity contribution in [2.45, 2.75) is 43.3 Å². The molecule has 1 atom stereocenters. The lowest BCUT2D eigenvalue weighted by atomic mass is 10.2. The molecule has 158 valence electrons. The zero-order valence-electron chi connectivity index (χ0n) is 17.4. The highest BCUT2D eigenvalue weighted by Crippen LogP contribution is 2.29. The molecule has 3 heterocycles. The highest BCUT2D eigenvalue weighted by molar-refractivity contribution is 8.00. The van der Waals surface area contributed by atoms with Crippen molar-refractivity contribution >= 4 is 23.6 Å². The number of carbonyl (C=O) groups excluding carboxylic acids is 1. The van der Waals surface area contributed by atoms with Crippen LogP contribution in [0.4, 0.5) is 5.95 Å². The number of amides is 1. The second-order valence-corrected chi connectivity index (χ2v) is 8.89. The van der Waals surface area contributed by atoms with Gasteiger partial charge in [0.05, 0.1) is 18.1 Å². The van der Waals surface area contributed by atoms with Crippen LogP contribution >= 0.6 is 11.8 Å². The number of carbonyl (C=O) groups is 1. The van der Waals surface area contributed by atoms with E-state index in [1.165, 1.54) is 11.8 Å². The maximum Gasteiger partial charge on any atom is 0.235 e. The molecule has 0 radical (unpaired) electrons. The Hall–Kier alpha value is -2.74. The summed E-state index contributed by atoms with van der Waals surface area (Å²) in [4.78, 5) is 17.0. The molecule has 1 amide bonds. The van der Waals surface area contributed by atoms with Crippen LogP contribution in [0.25, 0.3) is 0 Å². The predicted octanol–water partition coefficient (Wildman–Crippen LogP) is 3.66. The first-order valence-electron chi connectivity index (χ1n) is 10.3. The zero-order valence-corrected chi connectivity index (χ0v) is 18.2. The summed E-state index contributed by atoms with van der Waals surface area (Å²) in [6.45, 7) is 5.03. The van der Waals surface area contributed by atoms with E-state index in [4.69, 9.17) is 4.42 Å². The fourth-order valence-corrected chi connectivity index (χ4v) is 4.63. The Morgan fingerprint density at radius 1 is 1.17 bits per heavy atom. The van der Waals surface area contributed by atoms with Crippen molar-refractivity contribution in [2.75, 3.05) is 25.0 Å². The van der Waals surface area contributed by atoms with Crippen molar-refractivity contribution in [3.05, 3.63) is 60.1 Å². The largest absolute Gasteiger partial charge is 0.467 e. The van der Waals surface area contributed by atoms with Crippen molar-refractivity contribution < 1.29 is 9.21 Å². The van der Waals surface area contributed by atoms with Gasteiger partial charge in [-0.15, -0.1) is 10.2 Å². The number of rotatable bonds is 8. The summed E-state index contributed by atoms with van der Waals surface area (Å²) in [5, 5.41) is 9.35. The summed E-state index contributed by atoms with van der Waals surface area (Å²) in [5.41, 5.74) is 1.11. The minimum Gasteiger partial charge on any atom is -0.467 e. The predicted molar refractivity (Wildman–Crippen MR) is 118 cm³/mol. The van der Waals surface area contributed by atoms with Gasteiger partial charge in [-0.3, -0.25) is 9.36 Å². The van der Waals surface area contributed by atoms with Gasteiger partial charge in [-0.2, -0.15) is 0 Å². The number of thioether (sulfide) groups is 1. The first-order valence-corrected chi connectivity index (χ1v) is 11.2. The molecule has 0 aliphatic carbocycles. The third-order valence-electron chi connectivity index (χ3n) is 5.25. The SMILES string of the molecule is CC(Sc1nnc(N2CCCC2)n1Cc1ccco1)C(=O)N(C)Cc1ccccc1. The Morgan fingerprint density at radius 2 is 1.93 bits per heavy atom. The third-order valence-corrected chi connectivity index (χ3v) is 6.32. The van der Waals surface area contributed by atoms with Gasteiger partial charge in [0.25, 0.3) is 0 Å². The monoisotopic (exact) mass is 425 g/mol. The Labute approximate surface area is 181 Å². The van der Waals surface area contributed by atoms with Gasteiger partial charge < -0.3 is 14.2 Å². The van der Waals surface area contributed by atoms with E-state index in [0.717, 1.165) is 48.4 Å². The van der Waals surface area contributed by atoms with E-state index < -0.39 is 0 Å². The average Bonchev–Trinajstić information content (AvgIpc) is 3.51. The number of hydrogen-bond donors (Lipinski definition) is 0. The van der Waals surface area contributed by atoms with Crippen LogP contribution in [-0.2, 0) is 17.9 Å². The molecule has 0 N–H and O–H groups in total. The molecule has 0 saturated carbocycles. The lowest BCUT2D eigenvalue weighted by Gasteiger charge is -2.22. The molecular formula is C22H27N5O2S. The fraction of sp³-hybridized carbons (Fsp3) is 0.409. The van der Waals surface area contributed by atoms with Crippen molar-refractivity contribution in [1.29, 1.82) is 0 Å². The van der Waals surface area contributed by atoms with E-state index in [1.54, 1.807) is 11.2 Å². The lowest BCUT2D eigenvalue weighted by molar-refractivity contribution is -0.129. The highest BCUT2D eigenvalue weighted by atomic mass is 32.2. The van der Waals surface area contributed by atoms with Crippen LogP contribution in [-0.4, -0.2) is 51.0 Å². The Bertz CT molecular complexity index is 951. The Kier molecular flexibility index (Phi) is 6.42. The number of aromatic nitrogens is 3. The minimum absolute atomic E-state index is 0.0686. The van der Waals surface area contributed by atoms with Crippen molar-refractivity contribution in [2.24, 2.45) is 0 Å². The molecule has 1 aliphatic rings. The van der Waals surface area contributed by atoms with Crippen molar-refractivity contribution in [3.63, 3.8) is 0 Å². The van der Waals surface area contributed by atoms with E-state index in [1.807, 2.05) is 56.4 Å². The van der Waals surface area contributed by atoms with Gasteiger partial charge >= 0.3 is 0 Å². The van der Waals surface area contributed by atoms with Crippen LogP contribution in [0.2, 0.25) is 0 Å². The summed E-state index contributed by atoms with van der Waals surface area (Å²) in [6.07, 6.45) is 4.00. The smallest absolute Gasteiger partial charge is 0.235 e. The minimum atomic E-state index is -0.273. The lowest BCUT2D eigenvalue weighted by Crippen LogP contribution is -2.33. The van der Waals surface area contributed by atoms with Crippen molar-refractivity contribution in [3.8, 4) is 0 Å². The summed E-state index contributed by atoms with van der Waals surface area (Å²) in [6, 6.07) is 13.9. The van der Waals surface area contributed by atoms with Crippen LogP contribution in [0.1, 0.15) is 31.1 Å². The molecule has 4 rings (SSSR count). The van der Waals surface area contributed by atoms with Gasteiger partial charge in [0.15, 0.2) is 5.16 Å². The van der Waals surface area contributed by atoms with Gasteiger partial charge in [-0.1, -0.05) is 42.1 Å². The van der Waals surface area contributed by atoms with Gasteiger partial charge in [0.1, 0.15) is 5.76 Å². The molecule has 1 saturated heterocycles. The second-order valence-electron chi connectivity index (χ2n) is 7.58. The van der Waals surface area contributed by atoms with Crippen LogP contribution in [0.3, 0.4) is 0 Å². The Morgan fingerprint density at radius 3 is 2.63 bits per heavy atom. The van der Waals surface area contributed by atoms with E-state index in [9.17, 15) is 4.79 Å². The van der Waals surface area contributed by atoms with Crippen LogP contribution < -0.4 is 4.90 Å². The molecule has 8 heteroatoms. The van der Waals surface area contributed by atoms with E-state index in [0.29, 0.717) is 13.1 Å². The standard InChI is InChI=1S/C22H27N5O2S/c1-17(20(28)25(2)15-18-9-4-3-5-10-18)30-22-24-23-21(26-12-6-7-13-26)27(22)16-19-11-8-14-29-19/h3-5,8-11,14,17H,6-7,12-13,15-16H2,1-2H3. The topological polar surface area (TPSA) is 67.4 Å². The molecule has 1 fully saturated rings. The Balaban J connectivity index is 1.49. The van der Waals surface area contributed by atoms with Gasteiger partial charge in [0.2, 0.25) is 11.9 Å². The fourth-order valence-electron chi connectivity index (χ4n) is 3.67. The maximum atomic E-state index is 13.0. The van der Waals surface area contributed by atoms with Crippen LogP contribution in [0.15, 0.2) is 58.3 Å². The van der Waals surface area contributed by atoms with Crippen LogP contribution in [0, 0.1) is 0 Å². The zero-order chi connectivity index (χ0) is 20.9. The summed E-state index contributed by atoms with van der Waals surface area (Å²) < 4.78 is 7.62.